The Bertz CT molecular complexity index is 807. The lowest BCUT2D eigenvalue weighted by Gasteiger charge is -2.29. The fourth-order valence-electron chi connectivity index (χ4n) is 2.80. The smallest absolute Gasteiger partial charge is 0.294 e. The molecule has 2 aromatic rings. The molecule has 0 saturated carbocycles. The van der Waals surface area contributed by atoms with E-state index in [0.717, 1.165) is 10.8 Å². The van der Waals surface area contributed by atoms with Crippen LogP contribution in [0.25, 0.3) is 10.8 Å². The Morgan fingerprint density at radius 3 is 2.62 bits per heavy atom. The molecule has 9 heteroatoms. The summed E-state index contributed by atoms with van der Waals surface area (Å²) in [4.78, 5) is 28.0. The summed E-state index contributed by atoms with van der Waals surface area (Å²) in [5.74, 6) is 0.337. The van der Waals surface area contributed by atoms with Crippen molar-refractivity contribution in [2.75, 3.05) is 33.0 Å². The molecule has 0 aliphatic rings. The van der Waals surface area contributed by atoms with Crippen LogP contribution in [0.3, 0.4) is 0 Å². The molecule has 1 atom stereocenters. The third-order valence-corrected chi connectivity index (χ3v) is 4.18. The Hall–Kier alpha value is -2.91. The van der Waals surface area contributed by atoms with E-state index in [4.69, 9.17) is 9.47 Å². The lowest BCUT2D eigenvalue weighted by Crippen LogP contribution is -2.45. The zero-order valence-electron chi connectivity index (χ0n) is 16.5. The number of carbonyl (C=O) groups excluding carboxylic acids is 1. The minimum atomic E-state index is -0.919. The molecular formula is C20H26N2O7. The van der Waals surface area contributed by atoms with Gasteiger partial charge >= 0.3 is 0 Å². The molecule has 0 aromatic heterocycles. The van der Waals surface area contributed by atoms with Crippen LogP contribution >= 0.6 is 0 Å². The van der Waals surface area contributed by atoms with Gasteiger partial charge in [0.25, 0.3) is 5.09 Å². The van der Waals surface area contributed by atoms with Gasteiger partial charge in [-0.15, -0.1) is 10.1 Å². The molecule has 2 rings (SSSR count). The second-order valence-electron chi connectivity index (χ2n) is 6.69. The van der Waals surface area contributed by atoms with Gasteiger partial charge in [-0.05, 0) is 25.3 Å². The van der Waals surface area contributed by atoms with E-state index in [1.54, 1.807) is 0 Å². The molecule has 0 fully saturated rings. The van der Waals surface area contributed by atoms with Crippen molar-refractivity contribution in [3.63, 3.8) is 0 Å². The molecular weight excluding hydrogens is 380 g/mol. The lowest BCUT2D eigenvalue weighted by molar-refractivity contribution is -0.758. The van der Waals surface area contributed by atoms with E-state index in [-0.39, 0.29) is 44.9 Å². The number of benzene rings is 2. The van der Waals surface area contributed by atoms with E-state index in [1.165, 1.54) is 4.90 Å². The van der Waals surface area contributed by atoms with Crippen molar-refractivity contribution in [2.45, 2.75) is 26.0 Å². The zero-order valence-corrected chi connectivity index (χ0v) is 16.5. The summed E-state index contributed by atoms with van der Waals surface area (Å²) in [6, 6.07) is 13.3. The van der Waals surface area contributed by atoms with Gasteiger partial charge in [0.05, 0.1) is 13.2 Å². The predicted octanol–water partition coefficient (Wildman–Crippen LogP) is 2.04. The van der Waals surface area contributed by atoms with Gasteiger partial charge in [0.2, 0.25) is 5.91 Å². The zero-order chi connectivity index (χ0) is 21.2. The van der Waals surface area contributed by atoms with E-state index in [1.807, 2.05) is 56.3 Å². The monoisotopic (exact) mass is 406 g/mol. The summed E-state index contributed by atoms with van der Waals surface area (Å²) >= 11 is 0. The number of hydrogen-bond acceptors (Lipinski definition) is 7. The maximum absolute atomic E-state index is 12.3. The van der Waals surface area contributed by atoms with Crippen LogP contribution in [0.15, 0.2) is 42.5 Å². The van der Waals surface area contributed by atoms with Gasteiger partial charge in [-0.3, -0.25) is 4.79 Å². The maximum Gasteiger partial charge on any atom is 0.294 e. The Morgan fingerprint density at radius 2 is 1.90 bits per heavy atom. The average Bonchev–Trinajstić information content (AvgIpc) is 2.69. The molecule has 0 saturated heterocycles. The van der Waals surface area contributed by atoms with Crippen molar-refractivity contribution >= 4 is 16.7 Å². The molecule has 0 aliphatic heterocycles. The first-order valence-corrected chi connectivity index (χ1v) is 9.31. The molecule has 9 nitrogen and oxygen atoms in total. The number of ether oxygens (including phenoxy) is 2. The van der Waals surface area contributed by atoms with E-state index in [2.05, 4.69) is 4.84 Å². The minimum Gasteiger partial charge on any atom is -0.490 e. The van der Waals surface area contributed by atoms with Crippen LogP contribution in [-0.2, 0) is 14.4 Å². The molecule has 0 aliphatic carbocycles. The molecule has 0 spiro atoms. The highest BCUT2D eigenvalue weighted by Crippen LogP contribution is 2.25. The molecule has 29 heavy (non-hydrogen) atoms. The topological polar surface area (TPSA) is 111 Å². The molecule has 1 N–H and O–H groups in total. The molecule has 0 heterocycles. The van der Waals surface area contributed by atoms with Crippen LogP contribution in [0.4, 0.5) is 0 Å². The molecule has 158 valence electrons. The summed E-state index contributed by atoms with van der Waals surface area (Å²) < 4.78 is 10.9. The van der Waals surface area contributed by atoms with Crippen molar-refractivity contribution in [1.82, 2.24) is 4.90 Å². The molecule has 0 bridgehead atoms. The van der Waals surface area contributed by atoms with Crippen LogP contribution in [-0.4, -0.2) is 66.1 Å². The number of rotatable bonds is 12. The van der Waals surface area contributed by atoms with E-state index in [9.17, 15) is 20.0 Å². The van der Waals surface area contributed by atoms with Crippen molar-refractivity contribution in [2.24, 2.45) is 0 Å². The molecule has 2 aromatic carbocycles. The Kier molecular flexibility index (Phi) is 8.63. The van der Waals surface area contributed by atoms with Crippen LogP contribution in [0.5, 0.6) is 5.75 Å². The summed E-state index contributed by atoms with van der Waals surface area (Å²) in [6.07, 6.45) is -0.891. The average molecular weight is 406 g/mol. The van der Waals surface area contributed by atoms with E-state index < -0.39 is 11.2 Å². The summed E-state index contributed by atoms with van der Waals surface area (Å²) in [5, 5.41) is 21.5. The first-order valence-electron chi connectivity index (χ1n) is 9.31. The summed E-state index contributed by atoms with van der Waals surface area (Å²) in [7, 11) is 0. The number of amides is 1. The van der Waals surface area contributed by atoms with Gasteiger partial charge in [0, 0.05) is 11.4 Å². The second kappa shape index (κ2) is 11.2. The third kappa shape index (κ3) is 7.20. The molecule has 1 unspecified atom stereocenters. The largest absolute Gasteiger partial charge is 0.490 e. The van der Waals surface area contributed by atoms with E-state index >= 15 is 0 Å². The van der Waals surface area contributed by atoms with Crippen molar-refractivity contribution in [1.29, 1.82) is 0 Å². The highest BCUT2D eigenvalue weighted by Gasteiger charge is 2.21. The van der Waals surface area contributed by atoms with Crippen molar-refractivity contribution in [3.05, 3.63) is 52.6 Å². The van der Waals surface area contributed by atoms with Gasteiger partial charge < -0.3 is 24.3 Å². The number of aliphatic hydroxyl groups excluding tert-OH is 1. The van der Waals surface area contributed by atoms with Crippen molar-refractivity contribution in [3.8, 4) is 5.75 Å². The van der Waals surface area contributed by atoms with Crippen molar-refractivity contribution < 1.29 is 29.3 Å². The first kappa shape index (κ1) is 22.4. The Labute approximate surface area is 168 Å². The maximum atomic E-state index is 12.3. The fourth-order valence-corrected chi connectivity index (χ4v) is 2.80. The highest BCUT2D eigenvalue weighted by molar-refractivity contribution is 5.88. The summed E-state index contributed by atoms with van der Waals surface area (Å²) in [6.45, 7) is 3.18. The van der Waals surface area contributed by atoms with Crippen LogP contribution < -0.4 is 4.74 Å². The van der Waals surface area contributed by atoms with Crippen LogP contribution in [0.2, 0.25) is 0 Å². The standard InChI is InChI=1S/C20H26N2O7/c1-15(2)21(20(24)14-27-10-11-29-22(25)26)12-17(23)13-28-19-9-5-7-16-6-3-4-8-18(16)19/h3-9,15,17,23H,10-14H2,1-2H3. The van der Waals surface area contributed by atoms with E-state index in [0.29, 0.717) is 5.75 Å². The van der Waals surface area contributed by atoms with Crippen LogP contribution in [0, 0.1) is 10.1 Å². The number of nitrogens with zero attached hydrogens (tertiary/aromatic N) is 2. The van der Waals surface area contributed by atoms with Gasteiger partial charge in [-0.2, -0.15) is 0 Å². The molecule has 0 radical (unpaired) electrons. The molecule has 1 amide bonds. The van der Waals surface area contributed by atoms with Gasteiger partial charge in [-0.25, -0.2) is 0 Å². The Balaban J connectivity index is 1.84. The highest BCUT2D eigenvalue weighted by atomic mass is 17.0. The first-order chi connectivity index (χ1) is 13.9. The quantitative estimate of drug-likeness (QED) is 0.326. The second-order valence-corrected chi connectivity index (χ2v) is 6.69. The SMILES string of the molecule is CC(C)N(CC(O)COc1cccc2ccccc12)C(=O)COCCO[N+](=O)[O-]. The normalized spacial score (nSPS) is 12.0. The number of carbonyl (C=O) groups is 1. The number of hydrogen-bond donors (Lipinski definition) is 1. The third-order valence-electron chi connectivity index (χ3n) is 4.18. The van der Waals surface area contributed by atoms with Gasteiger partial charge in [-0.1, -0.05) is 36.4 Å². The minimum absolute atomic E-state index is 0.0298. The Morgan fingerprint density at radius 1 is 1.17 bits per heavy atom. The number of aliphatic hydroxyl groups is 1. The fraction of sp³-hybridized carbons (Fsp3) is 0.450. The lowest BCUT2D eigenvalue weighted by atomic mass is 10.1. The van der Waals surface area contributed by atoms with Crippen LogP contribution in [0.1, 0.15) is 13.8 Å². The van der Waals surface area contributed by atoms with Gasteiger partial charge in [0.1, 0.15) is 31.7 Å². The predicted molar refractivity (Wildman–Crippen MR) is 106 cm³/mol. The number of fused-ring (bicyclic) bond motifs is 1. The van der Waals surface area contributed by atoms with Gasteiger partial charge in [0.15, 0.2) is 0 Å². The summed E-state index contributed by atoms with van der Waals surface area (Å²) in [5.41, 5.74) is 0.